The first kappa shape index (κ1) is 13.3. The average Bonchev–Trinajstić information content (AvgIpc) is 2.36. The summed E-state index contributed by atoms with van der Waals surface area (Å²) in [5.74, 6) is -2.61. The number of nitrogens with zero attached hydrogens (tertiary/aromatic N) is 3. The molecule has 19 heavy (non-hydrogen) atoms. The molecular formula is C13H14F2N4. The Hall–Kier alpha value is -2.11. The summed E-state index contributed by atoms with van der Waals surface area (Å²) in [6, 6.07) is 5.63. The number of nitrogens with one attached hydrogen (secondary N) is 1. The van der Waals surface area contributed by atoms with E-state index < -0.39 is 12.5 Å². The lowest BCUT2D eigenvalue weighted by molar-refractivity contribution is 0.0366. The molecule has 0 atom stereocenters. The van der Waals surface area contributed by atoms with Gasteiger partial charge in [-0.25, -0.2) is 18.7 Å². The van der Waals surface area contributed by atoms with Crippen LogP contribution in [0.3, 0.4) is 0 Å². The number of hydrogen-bond acceptors (Lipinski definition) is 4. The van der Waals surface area contributed by atoms with Gasteiger partial charge in [0.1, 0.15) is 0 Å². The summed E-state index contributed by atoms with van der Waals surface area (Å²) in [5.41, 5.74) is 2.40. The Labute approximate surface area is 109 Å². The lowest BCUT2D eigenvalue weighted by Crippen LogP contribution is -2.23. The van der Waals surface area contributed by atoms with E-state index in [2.05, 4.69) is 20.3 Å². The summed E-state index contributed by atoms with van der Waals surface area (Å²) in [5, 5.41) is 2.48. The fourth-order valence-electron chi connectivity index (χ4n) is 1.49. The highest BCUT2D eigenvalue weighted by Gasteiger charge is 2.20. The van der Waals surface area contributed by atoms with E-state index in [0.717, 1.165) is 23.9 Å². The molecule has 0 radical (unpaired) electrons. The number of alkyl halides is 2. The zero-order valence-electron chi connectivity index (χ0n) is 10.7. The first-order valence-corrected chi connectivity index (χ1v) is 5.82. The van der Waals surface area contributed by atoms with Crippen LogP contribution >= 0.6 is 0 Å². The summed E-state index contributed by atoms with van der Waals surface area (Å²) < 4.78 is 25.3. The van der Waals surface area contributed by atoms with Crippen LogP contribution in [0.4, 0.5) is 14.7 Å². The van der Waals surface area contributed by atoms with Crippen LogP contribution in [0.5, 0.6) is 0 Å². The Bertz CT molecular complexity index is 549. The fraction of sp³-hybridized carbons (Fsp3) is 0.308. The van der Waals surface area contributed by atoms with Gasteiger partial charge in [0.05, 0.1) is 12.2 Å². The minimum atomic E-state index is -2.79. The molecule has 0 aliphatic rings. The Balaban J connectivity index is 2.10. The van der Waals surface area contributed by atoms with Gasteiger partial charge in [0, 0.05) is 30.6 Å². The van der Waals surface area contributed by atoms with Crippen molar-refractivity contribution in [2.24, 2.45) is 0 Å². The molecule has 2 aromatic heterocycles. The third-order valence-electron chi connectivity index (χ3n) is 2.39. The zero-order valence-corrected chi connectivity index (χ0v) is 10.7. The number of pyridine rings is 1. The van der Waals surface area contributed by atoms with Gasteiger partial charge in [0.2, 0.25) is 5.95 Å². The Morgan fingerprint density at radius 3 is 2.47 bits per heavy atom. The Morgan fingerprint density at radius 2 is 1.89 bits per heavy atom. The first-order chi connectivity index (χ1) is 8.94. The molecule has 2 rings (SSSR count). The van der Waals surface area contributed by atoms with E-state index >= 15 is 0 Å². The van der Waals surface area contributed by atoms with Crippen molar-refractivity contribution >= 4 is 5.95 Å². The van der Waals surface area contributed by atoms with E-state index in [1.54, 1.807) is 12.4 Å². The van der Waals surface area contributed by atoms with Crippen LogP contribution < -0.4 is 5.32 Å². The topological polar surface area (TPSA) is 50.7 Å². The molecule has 0 amide bonds. The molecule has 0 aromatic carbocycles. The average molecular weight is 264 g/mol. The van der Waals surface area contributed by atoms with Crippen molar-refractivity contribution in [3.63, 3.8) is 0 Å². The van der Waals surface area contributed by atoms with Crippen molar-refractivity contribution < 1.29 is 8.78 Å². The van der Waals surface area contributed by atoms with Gasteiger partial charge in [-0.3, -0.25) is 4.98 Å². The normalized spacial score (nSPS) is 11.4. The molecular weight excluding hydrogens is 250 g/mol. The molecule has 0 fully saturated rings. The predicted molar refractivity (Wildman–Crippen MR) is 69.1 cm³/mol. The molecule has 4 nitrogen and oxygen atoms in total. The van der Waals surface area contributed by atoms with Crippen LogP contribution in [0.2, 0.25) is 0 Å². The third-order valence-corrected chi connectivity index (χ3v) is 2.39. The highest BCUT2D eigenvalue weighted by molar-refractivity contribution is 5.57. The standard InChI is InChI=1S/C13H14F2N4/c1-9-4-3-5-11(19-9)10-6-16-12(17-7-10)18-8-13(2,14)15/h3-7H,8H2,1-2H3,(H,16,17,18). The molecule has 0 saturated carbocycles. The van der Waals surface area contributed by atoms with Crippen LogP contribution in [-0.4, -0.2) is 27.4 Å². The lowest BCUT2D eigenvalue weighted by Gasteiger charge is -2.11. The smallest absolute Gasteiger partial charge is 0.262 e. The molecule has 6 heteroatoms. The second-order valence-corrected chi connectivity index (χ2v) is 4.38. The van der Waals surface area contributed by atoms with E-state index in [0.29, 0.717) is 0 Å². The summed E-state index contributed by atoms with van der Waals surface area (Å²) in [6.07, 6.45) is 3.12. The number of halogens is 2. The highest BCUT2D eigenvalue weighted by atomic mass is 19.3. The molecule has 0 spiro atoms. The van der Waals surface area contributed by atoms with Gasteiger partial charge in [-0.05, 0) is 19.1 Å². The molecule has 0 saturated heterocycles. The van der Waals surface area contributed by atoms with Gasteiger partial charge in [-0.2, -0.15) is 0 Å². The van der Waals surface area contributed by atoms with Gasteiger partial charge < -0.3 is 5.32 Å². The summed E-state index contributed by atoms with van der Waals surface area (Å²) in [6.45, 7) is 2.24. The Morgan fingerprint density at radius 1 is 1.21 bits per heavy atom. The van der Waals surface area contributed by atoms with Gasteiger partial charge in [-0.1, -0.05) is 6.07 Å². The quantitative estimate of drug-likeness (QED) is 0.922. The maximum absolute atomic E-state index is 12.7. The molecule has 0 aliphatic heterocycles. The number of hydrogen-bond donors (Lipinski definition) is 1. The summed E-state index contributed by atoms with van der Waals surface area (Å²) in [7, 11) is 0. The van der Waals surface area contributed by atoms with E-state index in [9.17, 15) is 8.78 Å². The second kappa shape index (κ2) is 5.26. The largest absolute Gasteiger partial charge is 0.348 e. The van der Waals surface area contributed by atoms with Crippen LogP contribution in [0, 0.1) is 6.92 Å². The third kappa shape index (κ3) is 3.94. The van der Waals surface area contributed by atoms with E-state index in [-0.39, 0.29) is 5.95 Å². The van der Waals surface area contributed by atoms with Crippen molar-refractivity contribution in [1.82, 2.24) is 15.0 Å². The molecule has 0 bridgehead atoms. The van der Waals surface area contributed by atoms with E-state index in [4.69, 9.17) is 0 Å². The van der Waals surface area contributed by atoms with Crippen LogP contribution in [-0.2, 0) is 0 Å². The minimum Gasteiger partial charge on any atom is -0.348 e. The number of aromatic nitrogens is 3. The summed E-state index contributed by atoms with van der Waals surface area (Å²) in [4.78, 5) is 12.3. The lowest BCUT2D eigenvalue weighted by atomic mass is 10.2. The number of rotatable bonds is 4. The van der Waals surface area contributed by atoms with Crippen molar-refractivity contribution in [3.05, 3.63) is 36.3 Å². The van der Waals surface area contributed by atoms with Gasteiger partial charge >= 0.3 is 0 Å². The molecule has 0 unspecified atom stereocenters. The van der Waals surface area contributed by atoms with Crippen molar-refractivity contribution in [1.29, 1.82) is 0 Å². The number of aryl methyl sites for hydroxylation is 1. The van der Waals surface area contributed by atoms with Crippen LogP contribution in [0.25, 0.3) is 11.3 Å². The number of anilines is 1. The fourth-order valence-corrected chi connectivity index (χ4v) is 1.49. The van der Waals surface area contributed by atoms with E-state index in [1.807, 2.05) is 25.1 Å². The SMILES string of the molecule is Cc1cccc(-c2cnc(NCC(C)(F)F)nc2)n1. The van der Waals surface area contributed by atoms with Crippen molar-refractivity contribution in [2.45, 2.75) is 19.8 Å². The first-order valence-electron chi connectivity index (χ1n) is 5.82. The maximum Gasteiger partial charge on any atom is 0.262 e. The summed E-state index contributed by atoms with van der Waals surface area (Å²) >= 11 is 0. The second-order valence-electron chi connectivity index (χ2n) is 4.38. The molecule has 100 valence electrons. The maximum atomic E-state index is 12.7. The predicted octanol–water partition coefficient (Wildman–Crippen LogP) is 2.91. The Kier molecular flexibility index (Phi) is 3.69. The molecule has 1 N–H and O–H groups in total. The molecule has 2 heterocycles. The molecule has 2 aromatic rings. The van der Waals surface area contributed by atoms with Gasteiger partial charge in [0.15, 0.2) is 0 Å². The van der Waals surface area contributed by atoms with E-state index in [1.165, 1.54) is 0 Å². The van der Waals surface area contributed by atoms with Crippen LogP contribution in [0.1, 0.15) is 12.6 Å². The van der Waals surface area contributed by atoms with Crippen LogP contribution in [0.15, 0.2) is 30.6 Å². The van der Waals surface area contributed by atoms with Gasteiger partial charge in [-0.15, -0.1) is 0 Å². The monoisotopic (exact) mass is 264 g/mol. The molecule has 0 aliphatic carbocycles. The highest BCUT2D eigenvalue weighted by Crippen LogP contribution is 2.16. The zero-order chi connectivity index (χ0) is 13.9. The van der Waals surface area contributed by atoms with Crippen molar-refractivity contribution in [2.75, 3.05) is 11.9 Å². The van der Waals surface area contributed by atoms with Gasteiger partial charge in [0.25, 0.3) is 5.92 Å². The van der Waals surface area contributed by atoms with Crippen molar-refractivity contribution in [3.8, 4) is 11.3 Å². The minimum absolute atomic E-state index is 0.179.